The summed E-state index contributed by atoms with van der Waals surface area (Å²) in [5.74, 6) is -1.47. The highest BCUT2D eigenvalue weighted by Gasteiger charge is 2.21. The fraction of sp³-hybridized carbons (Fsp3) is 0.273. The van der Waals surface area contributed by atoms with Crippen LogP contribution >= 0.6 is 11.8 Å². The summed E-state index contributed by atoms with van der Waals surface area (Å²) in [6, 6.07) is 3.84. The number of hydrogen-bond acceptors (Lipinski definition) is 5. The molecule has 2 N–H and O–H groups in total. The maximum atomic E-state index is 11.5. The number of aliphatic carboxylic acids is 1. The van der Waals surface area contributed by atoms with E-state index in [9.17, 15) is 19.7 Å². The second kappa shape index (κ2) is 6.19. The number of benzene rings is 1. The lowest BCUT2D eigenvalue weighted by Crippen LogP contribution is -2.18. The Morgan fingerprint density at radius 1 is 1.47 bits per heavy atom. The highest BCUT2D eigenvalue weighted by molar-refractivity contribution is 8.00. The Hall–Kier alpha value is -2.09. The number of carboxylic acids is 1. The van der Waals surface area contributed by atoms with Gasteiger partial charge >= 0.3 is 5.97 Å². The van der Waals surface area contributed by atoms with Crippen LogP contribution in [-0.4, -0.2) is 34.2 Å². The second-order valence-electron chi connectivity index (χ2n) is 3.62. The Morgan fingerprint density at radius 2 is 2.11 bits per heavy atom. The molecule has 0 bridgehead atoms. The van der Waals surface area contributed by atoms with Gasteiger partial charge in [0.15, 0.2) is 0 Å². The Kier molecular flexibility index (Phi) is 4.87. The molecule has 0 aromatic heterocycles. The summed E-state index contributed by atoms with van der Waals surface area (Å²) in [7, 11) is 1.44. The van der Waals surface area contributed by atoms with Gasteiger partial charge in [-0.2, -0.15) is 0 Å². The summed E-state index contributed by atoms with van der Waals surface area (Å²) in [6.07, 6.45) is 0. The Labute approximate surface area is 113 Å². The van der Waals surface area contributed by atoms with Crippen molar-refractivity contribution < 1.29 is 19.6 Å². The van der Waals surface area contributed by atoms with Gasteiger partial charge < -0.3 is 10.4 Å². The maximum absolute atomic E-state index is 11.5. The van der Waals surface area contributed by atoms with Crippen molar-refractivity contribution in [2.24, 2.45) is 0 Å². The minimum absolute atomic E-state index is 0.154. The first-order valence-electron chi connectivity index (χ1n) is 5.26. The number of nitrogens with zero attached hydrogens (tertiary/aromatic N) is 1. The summed E-state index contributed by atoms with van der Waals surface area (Å²) < 4.78 is 0. The lowest BCUT2D eigenvalue weighted by atomic mass is 10.2. The number of carbonyl (C=O) groups is 2. The van der Waals surface area contributed by atoms with Crippen molar-refractivity contribution in [3.05, 3.63) is 33.9 Å². The average Bonchev–Trinajstić information content (AvgIpc) is 2.37. The van der Waals surface area contributed by atoms with Gasteiger partial charge in [0.2, 0.25) is 0 Å². The van der Waals surface area contributed by atoms with Gasteiger partial charge in [0.25, 0.3) is 11.6 Å². The lowest BCUT2D eigenvalue weighted by molar-refractivity contribution is -0.387. The molecule has 8 heteroatoms. The van der Waals surface area contributed by atoms with Crippen LogP contribution in [0.2, 0.25) is 0 Å². The molecule has 0 aliphatic rings. The van der Waals surface area contributed by atoms with E-state index in [1.807, 2.05) is 0 Å². The number of hydrogen-bond donors (Lipinski definition) is 2. The molecular weight excluding hydrogens is 272 g/mol. The molecule has 1 rings (SSSR count). The van der Waals surface area contributed by atoms with Crippen LogP contribution in [-0.2, 0) is 4.79 Å². The van der Waals surface area contributed by atoms with E-state index in [4.69, 9.17) is 5.11 Å². The molecule has 102 valence electrons. The minimum Gasteiger partial charge on any atom is -0.480 e. The highest BCUT2D eigenvalue weighted by atomic mass is 32.2. The van der Waals surface area contributed by atoms with Crippen molar-refractivity contribution in [3.63, 3.8) is 0 Å². The number of amides is 1. The zero-order valence-electron chi connectivity index (χ0n) is 10.2. The van der Waals surface area contributed by atoms with Crippen LogP contribution in [0.4, 0.5) is 5.69 Å². The van der Waals surface area contributed by atoms with E-state index in [1.54, 1.807) is 0 Å². The fourth-order valence-corrected chi connectivity index (χ4v) is 2.23. The van der Waals surface area contributed by atoms with Crippen molar-refractivity contribution >= 4 is 29.3 Å². The number of rotatable bonds is 5. The highest BCUT2D eigenvalue weighted by Crippen LogP contribution is 2.33. The largest absolute Gasteiger partial charge is 0.480 e. The molecule has 1 atom stereocenters. The van der Waals surface area contributed by atoms with Gasteiger partial charge in [-0.15, -0.1) is 11.8 Å². The van der Waals surface area contributed by atoms with Gasteiger partial charge in [0.1, 0.15) is 5.25 Å². The van der Waals surface area contributed by atoms with Crippen LogP contribution in [0.1, 0.15) is 17.3 Å². The molecular formula is C11H12N2O5S. The summed E-state index contributed by atoms with van der Waals surface area (Å²) in [5, 5.41) is 21.2. The van der Waals surface area contributed by atoms with Gasteiger partial charge in [0.05, 0.1) is 9.82 Å². The van der Waals surface area contributed by atoms with E-state index in [1.165, 1.54) is 32.2 Å². The summed E-state index contributed by atoms with van der Waals surface area (Å²) in [5.41, 5.74) is 0.0268. The van der Waals surface area contributed by atoms with Crippen LogP contribution < -0.4 is 5.32 Å². The first-order valence-corrected chi connectivity index (χ1v) is 6.14. The Balaban J connectivity index is 3.19. The van der Waals surface area contributed by atoms with Crippen LogP contribution in [0, 0.1) is 10.1 Å². The molecule has 0 fully saturated rings. The molecule has 0 radical (unpaired) electrons. The topological polar surface area (TPSA) is 110 Å². The van der Waals surface area contributed by atoms with Crippen LogP contribution in [0.25, 0.3) is 0 Å². The van der Waals surface area contributed by atoms with Gasteiger partial charge in [-0.25, -0.2) is 0 Å². The van der Waals surface area contributed by atoms with Gasteiger partial charge in [-0.3, -0.25) is 19.7 Å². The molecule has 0 heterocycles. The molecule has 7 nitrogen and oxygen atoms in total. The minimum atomic E-state index is -1.08. The molecule has 1 aromatic carbocycles. The molecule has 0 saturated heterocycles. The van der Waals surface area contributed by atoms with Crippen molar-refractivity contribution in [2.45, 2.75) is 17.1 Å². The van der Waals surface area contributed by atoms with E-state index in [0.717, 1.165) is 11.8 Å². The molecule has 1 aromatic rings. The molecule has 1 amide bonds. The average molecular weight is 284 g/mol. The third-order valence-corrected chi connectivity index (χ3v) is 3.43. The second-order valence-corrected chi connectivity index (χ2v) is 5.00. The molecule has 1 unspecified atom stereocenters. The predicted molar refractivity (Wildman–Crippen MR) is 69.4 cm³/mol. The zero-order chi connectivity index (χ0) is 14.6. The number of nitrogens with one attached hydrogen (secondary N) is 1. The Morgan fingerprint density at radius 3 is 2.58 bits per heavy atom. The Bertz CT molecular complexity index is 532. The summed E-state index contributed by atoms with van der Waals surface area (Å²) in [6.45, 7) is 1.42. The molecule has 0 spiro atoms. The standard InChI is InChI=1S/C11H12N2O5S/c1-6(11(15)16)19-9-5-7(10(14)12-2)3-4-8(9)13(17)18/h3-6H,1-2H3,(H,12,14)(H,15,16). The van der Waals surface area contributed by atoms with Crippen molar-refractivity contribution in [3.8, 4) is 0 Å². The molecule has 0 saturated carbocycles. The van der Waals surface area contributed by atoms with Gasteiger partial charge in [0, 0.05) is 18.7 Å². The molecule has 0 aliphatic heterocycles. The quantitative estimate of drug-likeness (QED) is 0.482. The number of carboxylic acid groups (broad SMARTS) is 1. The number of nitro groups is 1. The third-order valence-electron chi connectivity index (χ3n) is 2.30. The number of thioether (sulfide) groups is 1. The molecule has 0 aliphatic carbocycles. The van der Waals surface area contributed by atoms with Crippen molar-refractivity contribution in [1.82, 2.24) is 5.32 Å². The van der Waals surface area contributed by atoms with Crippen LogP contribution in [0.5, 0.6) is 0 Å². The van der Waals surface area contributed by atoms with E-state index in [2.05, 4.69) is 5.32 Å². The van der Waals surface area contributed by atoms with Crippen LogP contribution in [0.3, 0.4) is 0 Å². The van der Waals surface area contributed by atoms with E-state index in [0.29, 0.717) is 0 Å². The first kappa shape index (κ1) is 15.0. The van der Waals surface area contributed by atoms with E-state index in [-0.39, 0.29) is 22.1 Å². The maximum Gasteiger partial charge on any atom is 0.316 e. The SMILES string of the molecule is CNC(=O)c1ccc([N+](=O)[O-])c(SC(C)C(=O)O)c1. The predicted octanol–water partition coefficient (Wildman–Crippen LogP) is 1.52. The number of carbonyl (C=O) groups excluding carboxylic acids is 1. The van der Waals surface area contributed by atoms with E-state index < -0.39 is 16.1 Å². The van der Waals surface area contributed by atoms with Crippen molar-refractivity contribution in [2.75, 3.05) is 7.05 Å². The van der Waals surface area contributed by atoms with E-state index >= 15 is 0 Å². The van der Waals surface area contributed by atoms with Crippen LogP contribution in [0.15, 0.2) is 23.1 Å². The zero-order valence-corrected chi connectivity index (χ0v) is 11.1. The lowest BCUT2D eigenvalue weighted by Gasteiger charge is -2.08. The normalized spacial score (nSPS) is 11.7. The third kappa shape index (κ3) is 3.68. The monoisotopic (exact) mass is 284 g/mol. The van der Waals surface area contributed by atoms with Crippen molar-refractivity contribution in [1.29, 1.82) is 0 Å². The van der Waals surface area contributed by atoms with Gasteiger partial charge in [-0.1, -0.05) is 0 Å². The number of nitro benzene ring substituents is 1. The first-order chi connectivity index (χ1) is 8.86. The van der Waals surface area contributed by atoms with Gasteiger partial charge in [-0.05, 0) is 19.1 Å². The fourth-order valence-electron chi connectivity index (χ4n) is 1.29. The summed E-state index contributed by atoms with van der Waals surface area (Å²) >= 11 is 0.827. The molecule has 19 heavy (non-hydrogen) atoms. The smallest absolute Gasteiger partial charge is 0.316 e. The summed E-state index contributed by atoms with van der Waals surface area (Å²) in [4.78, 5) is 32.7.